The standard InChI is InChI=1S/C19H29N3O3/c1-20-18(21-12-19(8-5-9-19)13-6-7-13)22-14-10-15(23-2)17(25-4)16(11-14)24-3/h10-11,13H,5-9,12H2,1-4H3,(H2,20,21,22). The van der Waals surface area contributed by atoms with E-state index < -0.39 is 0 Å². The van der Waals surface area contributed by atoms with Gasteiger partial charge < -0.3 is 24.8 Å². The van der Waals surface area contributed by atoms with E-state index in [-0.39, 0.29) is 0 Å². The normalized spacial score (nSPS) is 19.0. The molecule has 6 nitrogen and oxygen atoms in total. The molecule has 2 fully saturated rings. The Morgan fingerprint density at radius 2 is 1.76 bits per heavy atom. The number of guanidine groups is 1. The summed E-state index contributed by atoms with van der Waals surface area (Å²) in [6.45, 7) is 0.988. The maximum Gasteiger partial charge on any atom is 0.203 e. The molecular weight excluding hydrogens is 318 g/mol. The Morgan fingerprint density at radius 3 is 2.16 bits per heavy atom. The molecule has 0 atom stereocenters. The molecule has 0 aliphatic heterocycles. The van der Waals surface area contributed by atoms with Gasteiger partial charge in [-0.2, -0.15) is 0 Å². The fourth-order valence-electron chi connectivity index (χ4n) is 3.78. The second-order valence-electron chi connectivity index (χ2n) is 6.95. The predicted octanol–water partition coefficient (Wildman–Crippen LogP) is 3.28. The molecule has 0 saturated heterocycles. The summed E-state index contributed by atoms with van der Waals surface area (Å²) in [5, 5.41) is 6.84. The van der Waals surface area contributed by atoms with Gasteiger partial charge in [-0.1, -0.05) is 6.42 Å². The number of methoxy groups -OCH3 is 3. The molecular formula is C19H29N3O3. The highest BCUT2D eigenvalue weighted by molar-refractivity contribution is 5.94. The number of benzene rings is 1. The van der Waals surface area contributed by atoms with E-state index in [9.17, 15) is 0 Å². The van der Waals surface area contributed by atoms with Crippen molar-refractivity contribution in [3.05, 3.63) is 12.1 Å². The maximum absolute atomic E-state index is 5.41. The van der Waals surface area contributed by atoms with Crippen LogP contribution in [0.4, 0.5) is 5.69 Å². The van der Waals surface area contributed by atoms with E-state index >= 15 is 0 Å². The summed E-state index contributed by atoms with van der Waals surface area (Å²) in [4.78, 5) is 4.36. The third-order valence-corrected chi connectivity index (χ3v) is 5.55. The summed E-state index contributed by atoms with van der Waals surface area (Å²) in [6.07, 6.45) is 6.82. The van der Waals surface area contributed by atoms with Crippen LogP contribution in [0.1, 0.15) is 32.1 Å². The average molecular weight is 347 g/mol. The summed E-state index contributed by atoms with van der Waals surface area (Å²) in [5.41, 5.74) is 1.34. The number of anilines is 1. The van der Waals surface area contributed by atoms with Crippen LogP contribution in [-0.4, -0.2) is 40.9 Å². The van der Waals surface area contributed by atoms with Crippen molar-refractivity contribution in [2.24, 2.45) is 16.3 Å². The molecule has 0 radical (unpaired) electrons. The van der Waals surface area contributed by atoms with E-state index in [1.807, 2.05) is 12.1 Å². The van der Waals surface area contributed by atoms with E-state index in [2.05, 4.69) is 15.6 Å². The van der Waals surface area contributed by atoms with Crippen LogP contribution in [0.2, 0.25) is 0 Å². The molecule has 25 heavy (non-hydrogen) atoms. The predicted molar refractivity (Wildman–Crippen MR) is 100 cm³/mol. The van der Waals surface area contributed by atoms with Gasteiger partial charge in [0.2, 0.25) is 5.75 Å². The van der Waals surface area contributed by atoms with Gasteiger partial charge in [0.15, 0.2) is 17.5 Å². The van der Waals surface area contributed by atoms with Crippen molar-refractivity contribution in [2.45, 2.75) is 32.1 Å². The number of aliphatic imine (C=N–C) groups is 1. The van der Waals surface area contributed by atoms with Crippen LogP contribution in [0.25, 0.3) is 0 Å². The van der Waals surface area contributed by atoms with Crippen molar-refractivity contribution >= 4 is 11.6 Å². The lowest BCUT2D eigenvalue weighted by molar-refractivity contribution is 0.106. The fraction of sp³-hybridized carbons (Fsp3) is 0.632. The Balaban J connectivity index is 1.69. The third-order valence-electron chi connectivity index (χ3n) is 5.55. The monoisotopic (exact) mass is 347 g/mol. The molecule has 2 aliphatic rings. The second-order valence-corrected chi connectivity index (χ2v) is 6.95. The highest BCUT2D eigenvalue weighted by Gasteiger charge is 2.48. The summed E-state index contributed by atoms with van der Waals surface area (Å²) in [5.74, 6) is 3.50. The van der Waals surface area contributed by atoms with Gasteiger partial charge in [0.05, 0.1) is 21.3 Å². The molecule has 2 aliphatic carbocycles. The average Bonchev–Trinajstić information content (AvgIpc) is 3.44. The largest absolute Gasteiger partial charge is 0.493 e. The molecule has 0 heterocycles. The van der Waals surface area contributed by atoms with E-state index in [0.717, 1.165) is 24.1 Å². The minimum absolute atomic E-state index is 0.493. The van der Waals surface area contributed by atoms with Gasteiger partial charge in [-0.15, -0.1) is 0 Å². The van der Waals surface area contributed by atoms with Gasteiger partial charge in [0.1, 0.15) is 0 Å². The van der Waals surface area contributed by atoms with Crippen molar-refractivity contribution in [1.82, 2.24) is 5.32 Å². The molecule has 1 aromatic carbocycles. The first kappa shape index (κ1) is 17.7. The lowest BCUT2D eigenvalue weighted by Gasteiger charge is -2.43. The molecule has 0 spiro atoms. The van der Waals surface area contributed by atoms with E-state index in [1.165, 1.54) is 32.1 Å². The number of ether oxygens (including phenoxy) is 3. The minimum Gasteiger partial charge on any atom is -0.493 e. The quantitative estimate of drug-likeness (QED) is 0.585. The van der Waals surface area contributed by atoms with Crippen molar-refractivity contribution in [3.8, 4) is 17.2 Å². The smallest absolute Gasteiger partial charge is 0.203 e. The van der Waals surface area contributed by atoms with Crippen LogP contribution < -0.4 is 24.8 Å². The lowest BCUT2D eigenvalue weighted by atomic mass is 9.65. The number of hydrogen-bond acceptors (Lipinski definition) is 4. The van der Waals surface area contributed by atoms with Crippen LogP contribution in [0.5, 0.6) is 17.2 Å². The van der Waals surface area contributed by atoms with Crippen molar-refractivity contribution in [1.29, 1.82) is 0 Å². The molecule has 0 amide bonds. The number of rotatable bonds is 7. The SMILES string of the molecule is CN=C(NCC1(C2CC2)CCC1)Nc1cc(OC)c(OC)c(OC)c1. The molecule has 138 valence electrons. The first-order valence-corrected chi connectivity index (χ1v) is 8.93. The maximum atomic E-state index is 5.41. The van der Waals surface area contributed by atoms with Crippen LogP contribution in [0, 0.1) is 11.3 Å². The zero-order valence-electron chi connectivity index (χ0n) is 15.6. The molecule has 6 heteroatoms. The summed E-state index contributed by atoms with van der Waals surface area (Å²) in [7, 11) is 6.62. The zero-order chi connectivity index (χ0) is 17.9. The van der Waals surface area contributed by atoms with E-state index in [4.69, 9.17) is 14.2 Å². The molecule has 0 aromatic heterocycles. The minimum atomic E-state index is 0.493. The Bertz CT molecular complexity index is 612. The number of nitrogens with zero attached hydrogens (tertiary/aromatic N) is 1. The summed E-state index contributed by atoms with van der Waals surface area (Å²) in [6, 6.07) is 3.77. The van der Waals surface area contributed by atoms with Gasteiger partial charge in [-0.05, 0) is 37.0 Å². The van der Waals surface area contributed by atoms with Crippen LogP contribution in [0.15, 0.2) is 17.1 Å². The lowest BCUT2D eigenvalue weighted by Crippen LogP contribution is -2.45. The fourth-order valence-corrected chi connectivity index (χ4v) is 3.78. The second kappa shape index (κ2) is 7.42. The highest BCUT2D eigenvalue weighted by Crippen LogP contribution is 2.56. The van der Waals surface area contributed by atoms with E-state index in [1.54, 1.807) is 28.4 Å². The van der Waals surface area contributed by atoms with Gasteiger partial charge in [0.25, 0.3) is 0 Å². The Labute approximate surface area is 149 Å². The van der Waals surface area contributed by atoms with Gasteiger partial charge in [0, 0.05) is 31.4 Å². The van der Waals surface area contributed by atoms with E-state index in [0.29, 0.717) is 22.7 Å². The first-order valence-electron chi connectivity index (χ1n) is 8.93. The van der Waals surface area contributed by atoms with Gasteiger partial charge in [-0.3, -0.25) is 4.99 Å². The molecule has 0 bridgehead atoms. The molecule has 2 saturated carbocycles. The van der Waals surface area contributed by atoms with Gasteiger partial charge in [-0.25, -0.2) is 0 Å². The number of nitrogens with one attached hydrogen (secondary N) is 2. The highest BCUT2D eigenvalue weighted by atomic mass is 16.5. The zero-order valence-corrected chi connectivity index (χ0v) is 15.6. The van der Waals surface area contributed by atoms with Crippen LogP contribution in [-0.2, 0) is 0 Å². The van der Waals surface area contributed by atoms with Gasteiger partial charge >= 0.3 is 0 Å². The number of hydrogen-bond donors (Lipinski definition) is 2. The van der Waals surface area contributed by atoms with Crippen molar-refractivity contribution in [2.75, 3.05) is 40.2 Å². The van der Waals surface area contributed by atoms with Crippen LogP contribution in [0.3, 0.4) is 0 Å². The van der Waals surface area contributed by atoms with Crippen LogP contribution >= 0.6 is 0 Å². The molecule has 0 unspecified atom stereocenters. The third kappa shape index (κ3) is 3.62. The molecule has 2 N–H and O–H groups in total. The Morgan fingerprint density at radius 1 is 1.12 bits per heavy atom. The van der Waals surface area contributed by atoms with Crippen molar-refractivity contribution < 1.29 is 14.2 Å². The van der Waals surface area contributed by atoms with Crippen molar-refractivity contribution in [3.63, 3.8) is 0 Å². The summed E-state index contributed by atoms with van der Waals surface area (Å²) < 4.78 is 16.2. The molecule has 3 rings (SSSR count). The Hall–Kier alpha value is -2.11. The first-order chi connectivity index (χ1) is 12.2. The topological polar surface area (TPSA) is 64.1 Å². The molecule has 1 aromatic rings. The Kier molecular flexibility index (Phi) is 5.25. The summed E-state index contributed by atoms with van der Waals surface area (Å²) >= 11 is 0.